The number of nitrogens with zero attached hydrogens (tertiary/aromatic N) is 2. The Morgan fingerprint density at radius 3 is 1.19 bits per heavy atom. The maximum atomic E-state index is 12.4. The van der Waals surface area contributed by atoms with E-state index in [-0.39, 0.29) is 70.3 Å². The van der Waals surface area contributed by atoms with Gasteiger partial charge in [0.1, 0.15) is 0 Å². The Kier molecular flexibility index (Phi) is 7.22. The molecule has 2 heterocycles. The van der Waals surface area contributed by atoms with Crippen molar-refractivity contribution in [2.45, 2.75) is 0 Å². The monoisotopic (exact) mass is 400 g/mol. The summed E-state index contributed by atoms with van der Waals surface area (Å²) >= 11 is 11.8. The molecule has 0 radical (unpaired) electrons. The van der Waals surface area contributed by atoms with Crippen molar-refractivity contribution in [1.29, 1.82) is 0 Å². The van der Waals surface area contributed by atoms with E-state index < -0.39 is 11.8 Å². The zero-order valence-corrected chi connectivity index (χ0v) is 19.6. The molecule has 0 spiro atoms. The number of carbonyl (C=O) groups is 2. The molecule has 0 saturated heterocycles. The molecule has 0 aliphatic carbocycles. The largest absolute Gasteiger partial charge is 1.00 e. The summed E-state index contributed by atoms with van der Waals surface area (Å²) in [5, 5.41) is 9.23. The summed E-state index contributed by atoms with van der Waals surface area (Å²) in [4.78, 5) is 24.7. The van der Waals surface area contributed by atoms with Crippen LogP contribution in [0, 0.1) is 0 Å². The Morgan fingerprint density at radius 2 is 0.885 bits per heavy atom. The number of rotatable bonds is 2. The molecule has 26 heavy (non-hydrogen) atoms. The van der Waals surface area contributed by atoms with Gasteiger partial charge in [-0.3, -0.25) is 0 Å². The van der Waals surface area contributed by atoms with E-state index in [0.29, 0.717) is 32.6 Å². The van der Waals surface area contributed by atoms with Crippen molar-refractivity contribution in [2.75, 3.05) is 0 Å². The van der Waals surface area contributed by atoms with E-state index in [4.69, 9.17) is 23.2 Å². The van der Waals surface area contributed by atoms with E-state index in [2.05, 4.69) is 10.6 Å². The third-order valence-corrected chi connectivity index (χ3v) is 4.32. The van der Waals surface area contributed by atoms with Crippen molar-refractivity contribution >= 4 is 46.4 Å². The molecule has 2 aromatic carbocycles. The van der Waals surface area contributed by atoms with E-state index in [1.807, 2.05) is 0 Å². The first-order chi connectivity index (χ1) is 11.5. The van der Waals surface area contributed by atoms with E-state index in [9.17, 15) is 9.59 Å². The number of hydrogen-bond acceptors (Lipinski definition) is 2. The molecular formula is C18H8Cl2N2Na2O2. The molecule has 0 N–H and O–H groups in total. The summed E-state index contributed by atoms with van der Waals surface area (Å²) in [6.07, 6.45) is 0. The van der Waals surface area contributed by atoms with Gasteiger partial charge in [0.15, 0.2) is 0 Å². The van der Waals surface area contributed by atoms with Gasteiger partial charge < -0.3 is 20.2 Å². The number of carbonyl (C=O) groups excluding carboxylic acids is 2. The molecule has 0 unspecified atom stereocenters. The van der Waals surface area contributed by atoms with Crippen LogP contribution in [0.4, 0.5) is 0 Å². The summed E-state index contributed by atoms with van der Waals surface area (Å²) in [5.74, 6) is -0.927. The molecule has 2 aromatic rings. The molecular weight excluding hydrogens is 393 g/mol. The predicted octanol–water partition coefficient (Wildman–Crippen LogP) is -1.05. The van der Waals surface area contributed by atoms with Gasteiger partial charge >= 0.3 is 59.1 Å². The molecule has 118 valence electrons. The average Bonchev–Trinajstić information content (AvgIpc) is 3.08. The molecule has 8 heteroatoms. The molecule has 4 nitrogen and oxygen atoms in total. The fourth-order valence-corrected chi connectivity index (χ4v) is 2.97. The van der Waals surface area contributed by atoms with Crippen LogP contribution in [0.3, 0.4) is 0 Å². The summed E-state index contributed by atoms with van der Waals surface area (Å²) in [6, 6.07) is 13.6. The van der Waals surface area contributed by atoms with E-state index in [0.717, 1.165) is 0 Å². The summed E-state index contributed by atoms with van der Waals surface area (Å²) < 4.78 is 0. The van der Waals surface area contributed by atoms with E-state index in [1.54, 1.807) is 48.5 Å². The van der Waals surface area contributed by atoms with Crippen molar-refractivity contribution in [1.82, 2.24) is 0 Å². The SMILES string of the molecule is O=C1[N-]C(c2ccc(Cl)cc2)=C2C(=O)[N-]C(c3ccc(Cl)cc3)=C12.[Na+].[Na+]. The fourth-order valence-electron chi connectivity index (χ4n) is 2.71. The van der Waals surface area contributed by atoms with Gasteiger partial charge in [0, 0.05) is 10.0 Å². The average molecular weight is 401 g/mol. The molecule has 0 aromatic heterocycles. The summed E-state index contributed by atoms with van der Waals surface area (Å²) in [7, 11) is 0. The van der Waals surface area contributed by atoms with Crippen LogP contribution in [-0.4, -0.2) is 11.8 Å². The molecule has 2 aliphatic heterocycles. The van der Waals surface area contributed by atoms with Gasteiger partial charge in [-0.15, -0.1) is 11.4 Å². The third-order valence-electron chi connectivity index (χ3n) is 3.81. The first kappa shape index (κ1) is 21.7. The minimum Gasteiger partial charge on any atom is -0.622 e. The number of benzene rings is 2. The van der Waals surface area contributed by atoms with Crippen molar-refractivity contribution in [3.05, 3.63) is 91.5 Å². The van der Waals surface area contributed by atoms with Gasteiger partial charge in [-0.1, -0.05) is 47.5 Å². The van der Waals surface area contributed by atoms with Gasteiger partial charge in [-0.05, 0) is 46.5 Å². The van der Waals surface area contributed by atoms with Crippen LogP contribution in [0.5, 0.6) is 0 Å². The maximum Gasteiger partial charge on any atom is 1.00 e. The van der Waals surface area contributed by atoms with E-state index >= 15 is 0 Å². The van der Waals surface area contributed by atoms with Crippen LogP contribution >= 0.6 is 23.2 Å². The predicted molar refractivity (Wildman–Crippen MR) is 93.5 cm³/mol. The maximum absolute atomic E-state index is 12.4. The topological polar surface area (TPSA) is 62.3 Å². The van der Waals surface area contributed by atoms with Gasteiger partial charge in [0.25, 0.3) is 0 Å². The molecule has 0 atom stereocenters. The van der Waals surface area contributed by atoms with Crippen molar-refractivity contribution in [2.24, 2.45) is 0 Å². The Morgan fingerprint density at radius 1 is 0.577 bits per heavy atom. The normalized spacial score (nSPS) is 15.2. The van der Waals surface area contributed by atoms with Crippen molar-refractivity contribution in [3.8, 4) is 0 Å². The van der Waals surface area contributed by atoms with E-state index in [1.165, 1.54) is 0 Å². The summed E-state index contributed by atoms with van der Waals surface area (Å²) in [6.45, 7) is 0. The number of halogens is 2. The number of hydrogen-bond donors (Lipinski definition) is 0. The first-order valence-electron chi connectivity index (χ1n) is 7.07. The molecule has 2 amide bonds. The summed E-state index contributed by atoms with van der Waals surface area (Å²) in [5.41, 5.74) is 2.46. The number of amides is 2. The molecule has 0 fully saturated rings. The number of fused-ring (bicyclic) bond motifs is 1. The molecule has 2 aliphatic rings. The second-order valence-corrected chi connectivity index (χ2v) is 6.17. The van der Waals surface area contributed by atoms with Crippen molar-refractivity contribution in [3.63, 3.8) is 0 Å². The van der Waals surface area contributed by atoms with Gasteiger partial charge in [-0.2, -0.15) is 0 Å². The fraction of sp³-hybridized carbons (Fsp3) is 0. The van der Waals surface area contributed by atoms with Gasteiger partial charge in [0.2, 0.25) is 0 Å². The Hall–Kier alpha value is -0.560. The Balaban J connectivity index is 0.00000121. The second-order valence-electron chi connectivity index (χ2n) is 5.29. The van der Waals surface area contributed by atoms with Crippen molar-refractivity contribution < 1.29 is 68.7 Å². The quantitative estimate of drug-likeness (QED) is 0.604. The third kappa shape index (κ3) is 3.84. The van der Waals surface area contributed by atoms with Crippen LogP contribution in [0.2, 0.25) is 10.0 Å². The Labute approximate surface area is 204 Å². The smallest absolute Gasteiger partial charge is 0.622 e. The van der Waals surface area contributed by atoms with Crippen LogP contribution in [0.25, 0.3) is 22.0 Å². The standard InChI is InChI=1S/C18H10Cl2N2O2.2Na/c19-11-5-1-9(2-6-11)15-13-14(18(24)21-15)16(22-17(13)23)10-3-7-12(20)8-4-10;;/h1-8H,(H2,21,22,23,24);;/q;2*+1/p-2. The first-order valence-corrected chi connectivity index (χ1v) is 7.83. The van der Waals surface area contributed by atoms with Crippen LogP contribution in [-0.2, 0) is 9.59 Å². The Bertz CT molecular complexity index is 873. The van der Waals surface area contributed by atoms with Gasteiger partial charge in [-0.25, -0.2) is 0 Å². The van der Waals surface area contributed by atoms with Gasteiger partial charge in [0.05, 0.1) is 11.8 Å². The zero-order chi connectivity index (χ0) is 16.8. The minimum absolute atomic E-state index is 0. The van der Waals surface area contributed by atoms with Crippen LogP contribution in [0.15, 0.2) is 59.7 Å². The second kappa shape index (κ2) is 8.63. The van der Waals surface area contributed by atoms with Crippen LogP contribution in [0.1, 0.15) is 11.1 Å². The molecule has 4 rings (SSSR count). The molecule has 0 bridgehead atoms. The molecule has 0 saturated carbocycles. The van der Waals surface area contributed by atoms with Crippen LogP contribution < -0.4 is 59.1 Å². The minimum atomic E-state index is -0.463. The zero-order valence-electron chi connectivity index (χ0n) is 14.1.